The molecule has 0 aliphatic rings. The van der Waals surface area contributed by atoms with Crippen LogP contribution in [0.3, 0.4) is 0 Å². The van der Waals surface area contributed by atoms with Crippen molar-refractivity contribution in [3.63, 3.8) is 0 Å². The van der Waals surface area contributed by atoms with Gasteiger partial charge in [0.25, 0.3) is 0 Å². The highest BCUT2D eigenvalue weighted by atomic mass is 32.1. The Labute approximate surface area is 197 Å². The fraction of sp³-hybridized carbons (Fsp3) is 0.542. The molecule has 0 aliphatic heterocycles. The van der Waals surface area contributed by atoms with E-state index < -0.39 is 21.2 Å². The lowest BCUT2D eigenvalue weighted by atomic mass is 10.1. The summed E-state index contributed by atoms with van der Waals surface area (Å²) in [5.41, 5.74) is 0.0212. The van der Waals surface area contributed by atoms with Crippen LogP contribution in [0.5, 0.6) is 11.5 Å². The molecule has 1 heterocycles. The zero-order valence-electron chi connectivity index (χ0n) is 20.2. The Morgan fingerprint density at radius 2 is 1.88 bits per heavy atom. The van der Waals surface area contributed by atoms with Crippen LogP contribution in [0.15, 0.2) is 24.3 Å². The van der Waals surface area contributed by atoms with Crippen molar-refractivity contribution in [1.82, 2.24) is 0 Å². The molecule has 1 aromatic heterocycles. The highest BCUT2D eigenvalue weighted by molar-refractivity contribution is 7.12. The number of hydrogen-bond acceptors (Lipinski definition) is 6. The summed E-state index contributed by atoms with van der Waals surface area (Å²) in [6.45, 7) is 13.1. The lowest BCUT2D eigenvalue weighted by Gasteiger charge is -2.29. The van der Waals surface area contributed by atoms with E-state index in [0.29, 0.717) is 30.9 Å². The van der Waals surface area contributed by atoms with E-state index >= 15 is 0 Å². The van der Waals surface area contributed by atoms with Crippen molar-refractivity contribution in [3.05, 3.63) is 45.4 Å². The second-order valence-corrected chi connectivity index (χ2v) is 13.2. The van der Waals surface area contributed by atoms with Gasteiger partial charge in [-0.2, -0.15) is 0 Å². The van der Waals surface area contributed by atoms with Crippen LogP contribution in [0, 0.1) is 5.82 Å². The minimum atomic E-state index is -0.738. The predicted molar refractivity (Wildman–Crippen MR) is 129 cm³/mol. The molecule has 32 heavy (non-hydrogen) atoms. The van der Waals surface area contributed by atoms with Gasteiger partial charge in [0.2, 0.25) is 0 Å². The molecule has 0 atom stereocenters. The fourth-order valence-electron chi connectivity index (χ4n) is 2.97. The number of halogens is 1. The zero-order valence-corrected chi connectivity index (χ0v) is 22.4. The number of rotatable bonds is 11. The molecule has 0 saturated carbocycles. The van der Waals surface area contributed by atoms with Crippen molar-refractivity contribution in [3.8, 4) is 11.5 Å². The van der Waals surface area contributed by atoms with Crippen molar-refractivity contribution < 1.29 is 27.8 Å². The monoisotopic (exact) mass is 482 g/mol. The summed E-state index contributed by atoms with van der Waals surface area (Å²) in [4.78, 5) is 13.5. The molecule has 0 bridgehead atoms. The molecule has 2 rings (SSSR count). The molecule has 0 saturated heterocycles. The van der Waals surface area contributed by atoms with Gasteiger partial charge in [-0.1, -0.05) is 26.8 Å². The van der Waals surface area contributed by atoms with Crippen molar-refractivity contribution >= 4 is 27.1 Å². The normalized spacial score (nSPS) is 12.4. The molecule has 5 nitrogen and oxygen atoms in total. The van der Waals surface area contributed by atoms with E-state index in [9.17, 15) is 9.18 Å². The third kappa shape index (κ3) is 7.90. The second kappa shape index (κ2) is 11.3. The molecule has 0 unspecified atom stereocenters. The Hall–Kier alpha value is -1.90. The number of esters is 1. The number of aryl methyl sites for hydroxylation is 1. The maximum absolute atomic E-state index is 14.4. The summed E-state index contributed by atoms with van der Waals surface area (Å²) in [6, 6.07) is 6.68. The van der Waals surface area contributed by atoms with Crippen LogP contribution in [0.4, 0.5) is 4.39 Å². The van der Waals surface area contributed by atoms with E-state index in [4.69, 9.17) is 18.6 Å². The van der Waals surface area contributed by atoms with Crippen molar-refractivity contribution in [2.24, 2.45) is 0 Å². The summed E-state index contributed by atoms with van der Waals surface area (Å²) in [5, 5.41) is 0.195. The van der Waals surface area contributed by atoms with Gasteiger partial charge < -0.3 is 18.6 Å². The summed E-state index contributed by atoms with van der Waals surface area (Å²) in [5.74, 6) is 0.499. The minimum absolute atomic E-state index is 0.151. The molecule has 1 aromatic carbocycles. The van der Waals surface area contributed by atoms with E-state index in [0.717, 1.165) is 15.5 Å². The van der Waals surface area contributed by atoms with Gasteiger partial charge in [-0.15, -0.1) is 11.3 Å². The van der Waals surface area contributed by atoms with E-state index in [1.54, 1.807) is 37.5 Å². The molecule has 0 fully saturated rings. The van der Waals surface area contributed by atoms with Gasteiger partial charge in [-0.05, 0) is 49.9 Å². The summed E-state index contributed by atoms with van der Waals surface area (Å²) >= 11 is 1.59. The first-order chi connectivity index (χ1) is 14.9. The minimum Gasteiger partial charge on any atom is -0.495 e. The smallest absolute Gasteiger partial charge is 0.306 e. The first kappa shape index (κ1) is 26.4. The first-order valence-electron chi connectivity index (χ1n) is 10.8. The summed E-state index contributed by atoms with van der Waals surface area (Å²) in [6.07, 6.45) is 0.446. The Morgan fingerprint density at radius 3 is 2.47 bits per heavy atom. The Bertz CT molecular complexity index is 904. The molecule has 178 valence electrons. The Balaban J connectivity index is 2.03. The highest BCUT2D eigenvalue weighted by Crippen LogP contribution is 2.41. The molecule has 8 heteroatoms. The van der Waals surface area contributed by atoms with E-state index in [1.807, 2.05) is 6.07 Å². The van der Waals surface area contributed by atoms with Crippen molar-refractivity contribution in [1.29, 1.82) is 0 Å². The SMILES string of the molecule is CCOC(=O)CCc1ccc(OCc2cc(OC)c(C(C)(C)O[SiH2]C(C)(C)C)s2)cc1F. The van der Waals surface area contributed by atoms with Gasteiger partial charge in [0.05, 0.1) is 24.2 Å². The Kier molecular flexibility index (Phi) is 9.30. The number of methoxy groups -OCH3 is 1. The topological polar surface area (TPSA) is 54.0 Å². The standard InChI is InChI=1S/C24H35FO5SSi/c1-8-28-21(26)12-10-16-9-11-17(13-19(16)25)29-15-18-14-20(27-7)22(31-18)24(5,6)30-32-23(2,3)4/h9,11,13-14H,8,10,12,15,32H2,1-7H3. The lowest BCUT2D eigenvalue weighted by molar-refractivity contribution is -0.143. The van der Waals surface area contributed by atoms with Crippen molar-refractivity contribution in [2.45, 2.75) is 71.6 Å². The van der Waals surface area contributed by atoms with Crippen LogP contribution in [-0.4, -0.2) is 29.4 Å². The van der Waals surface area contributed by atoms with Crippen LogP contribution in [0.25, 0.3) is 0 Å². The van der Waals surface area contributed by atoms with E-state index in [2.05, 4.69) is 34.6 Å². The second-order valence-electron chi connectivity index (χ2n) is 9.32. The average Bonchev–Trinajstić information content (AvgIpc) is 3.14. The first-order valence-corrected chi connectivity index (χ1v) is 12.9. The predicted octanol–water partition coefficient (Wildman–Crippen LogP) is 5.52. The largest absolute Gasteiger partial charge is 0.495 e. The third-order valence-electron chi connectivity index (χ3n) is 4.69. The zero-order chi connectivity index (χ0) is 23.9. The van der Waals surface area contributed by atoms with Gasteiger partial charge >= 0.3 is 5.97 Å². The molecule has 0 amide bonds. The van der Waals surface area contributed by atoms with E-state index in [1.165, 1.54) is 6.07 Å². The molecule has 0 aliphatic carbocycles. The highest BCUT2D eigenvalue weighted by Gasteiger charge is 2.30. The average molecular weight is 483 g/mol. The number of hydrogen-bond donors (Lipinski definition) is 0. The molecule has 0 radical (unpaired) electrons. The maximum Gasteiger partial charge on any atom is 0.306 e. The lowest BCUT2D eigenvalue weighted by Crippen LogP contribution is -2.27. The van der Waals surface area contributed by atoms with Crippen LogP contribution >= 0.6 is 11.3 Å². The Morgan fingerprint density at radius 1 is 1.16 bits per heavy atom. The summed E-state index contributed by atoms with van der Waals surface area (Å²) in [7, 11) is 0.912. The maximum atomic E-state index is 14.4. The summed E-state index contributed by atoms with van der Waals surface area (Å²) < 4.78 is 37.0. The number of carbonyl (C=O) groups excluding carboxylic acids is 1. The van der Waals surface area contributed by atoms with Crippen LogP contribution < -0.4 is 9.47 Å². The fourth-order valence-corrected chi connectivity index (χ4v) is 5.11. The molecule has 2 aromatic rings. The quantitative estimate of drug-likeness (QED) is 0.312. The molecule has 0 N–H and O–H groups in total. The van der Waals surface area contributed by atoms with Gasteiger partial charge in [0, 0.05) is 17.4 Å². The number of ether oxygens (including phenoxy) is 3. The molecule has 0 spiro atoms. The van der Waals surface area contributed by atoms with Crippen LogP contribution in [0.2, 0.25) is 5.04 Å². The van der Waals surface area contributed by atoms with Gasteiger partial charge in [-0.3, -0.25) is 4.79 Å². The van der Waals surface area contributed by atoms with Crippen molar-refractivity contribution in [2.75, 3.05) is 13.7 Å². The van der Waals surface area contributed by atoms with E-state index in [-0.39, 0.29) is 17.4 Å². The van der Waals surface area contributed by atoms with Crippen LogP contribution in [-0.2, 0) is 32.6 Å². The number of carbonyl (C=O) groups is 1. The number of benzene rings is 1. The molecular formula is C24H35FO5SSi. The number of thiophene rings is 1. The third-order valence-corrected chi connectivity index (χ3v) is 7.82. The van der Waals surface area contributed by atoms with Gasteiger partial charge in [-0.25, -0.2) is 4.39 Å². The van der Waals surface area contributed by atoms with Gasteiger partial charge in [0.1, 0.15) is 23.9 Å². The van der Waals surface area contributed by atoms with Crippen LogP contribution in [0.1, 0.15) is 63.3 Å². The van der Waals surface area contributed by atoms with Gasteiger partial charge in [0.15, 0.2) is 9.76 Å². The molecular weight excluding hydrogens is 447 g/mol.